The molecule has 1 aromatic rings. The molecule has 0 aliphatic rings. The molecule has 0 spiro atoms. The minimum atomic E-state index is 0.575. The summed E-state index contributed by atoms with van der Waals surface area (Å²) in [5.41, 5.74) is 7.29. The molecule has 108 valence electrons. The van der Waals surface area contributed by atoms with Gasteiger partial charge in [-0.3, -0.25) is 0 Å². The second kappa shape index (κ2) is 7.66. The zero-order chi connectivity index (χ0) is 14.4. The second-order valence-corrected chi connectivity index (χ2v) is 5.85. The maximum atomic E-state index is 3.52. The highest BCUT2D eigenvalue weighted by Crippen LogP contribution is 2.21. The summed E-state index contributed by atoms with van der Waals surface area (Å²) in [4.78, 5) is 0. The van der Waals surface area contributed by atoms with Gasteiger partial charge in [0, 0.05) is 19.1 Å². The minimum absolute atomic E-state index is 0.575. The molecule has 0 radical (unpaired) electrons. The van der Waals surface area contributed by atoms with Crippen LogP contribution < -0.4 is 10.6 Å². The summed E-state index contributed by atoms with van der Waals surface area (Å²) in [7, 11) is 0. The van der Waals surface area contributed by atoms with Crippen LogP contribution in [0, 0.1) is 27.7 Å². The molecule has 0 saturated heterocycles. The van der Waals surface area contributed by atoms with Crippen LogP contribution >= 0.6 is 0 Å². The molecule has 1 rings (SSSR count). The van der Waals surface area contributed by atoms with E-state index >= 15 is 0 Å². The number of benzene rings is 1. The summed E-state index contributed by atoms with van der Waals surface area (Å²) in [5.74, 6) is 0. The first-order valence-corrected chi connectivity index (χ1v) is 7.43. The summed E-state index contributed by atoms with van der Waals surface area (Å²) >= 11 is 0. The fourth-order valence-corrected chi connectivity index (χ4v) is 2.46. The summed E-state index contributed by atoms with van der Waals surface area (Å²) in [5, 5.41) is 6.94. The Balaban J connectivity index is 2.45. The monoisotopic (exact) mass is 262 g/mol. The molecular formula is C17H30N2. The van der Waals surface area contributed by atoms with Gasteiger partial charge in [-0.2, -0.15) is 0 Å². The molecule has 0 aliphatic carbocycles. The first kappa shape index (κ1) is 16.2. The number of rotatable bonds is 7. The van der Waals surface area contributed by atoms with E-state index in [1.807, 2.05) is 0 Å². The van der Waals surface area contributed by atoms with Crippen LogP contribution in [0.15, 0.2) is 6.07 Å². The third-order valence-corrected chi connectivity index (χ3v) is 3.93. The predicted octanol–water partition coefficient (Wildman–Crippen LogP) is 3.05. The number of aryl methyl sites for hydroxylation is 2. The molecule has 0 bridgehead atoms. The molecule has 0 aliphatic heterocycles. The third-order valence-electron chi connectivity index (χ3n) is 3.93. The lowest BCUT2D eigenvalue weighted by molar-refractivity contribution is 0.556. The SMILES string of the molecule is Cc1cc(C)c(C)c(CCNCCNC(C)C)c1C. The van der Waals surface area contributed by atoms with Gasteiger partial charge >= 0.3 is 0 Å². The number of hydrogen-bond donors (Lipinski definition) is 2. The highest BCUT2D eigenvalue weighted by molar-refractivity contribution is 5.44. The molecule has 0 atom stereocenters. The molecule has 0 unspecified atom stereocenters. The van der Waals surface area contributed by atoms with Gasteiger partial charge in [-0.25, -0.2) is 0 Å². The van der Waals surface area contributed by atoms with Crippen molar-refractivity contribution in [1.82, 2.24) is 10.6 Å². The highest BCUT2D eigenvalue weighted by Gasteiger charge is 2.07. The van der Waals surface area contributed by atoms with E-state index in [4.69, 9.17) is 0 Å². The Labute approximate surface area is 119 Å². The van der Waals surface area contributed by atoms with Crippen LogP contribution in [-0.2, 0) is 6.42 Å². The Bertz CT molecular complexity index is 382. The zero-order valence-electron chi connectivity index (χ0n) is 13.5. The summed E-state index contributed by atoms with van der Waals surface area (Å²) in [6, 6.07) is 2.87. The van der Waals surface area contributed by atoms with Crippen molar-refractivity contribution in [1.29, 1.82) is 0 Å². The van der Waals surface area contributed by atoms with Crippen LogP contribution in [0.2, 0.25) is 0 Å². The van der Waals surface area contributed by atoms with E-state index in [1.165, 1.54) is 27.8 Å². The third kappa shape index (κ3) is 4.96. The smallest absolute Gasteiger partial charge is 0.00790 e. The van der Waals surface area contributed by atoms with E-state index in [2.05, 4.69) is 58.2 Å². The van der Waals surface area contributed by atoms with Gasteiger partial charge in [0.2, 0.25) is 0 Å². The van der Waals surface area contributed by atoms with E-state index in [1.54, 1.807) is 0 Å². The van der Waals surface area contributed by atoms with Crippen LogP contribution in [0.4, 0.5) is 0 Å². The molecule has 2 N–H and O–H groups in total. The van der Waals surface area contributed by atoms with E-state index in [9.17, 15) is 0 Å². The van der Waals surface area contributed by atoms with Crippen molar-refractivity contribution in [2.45, 2.75) is 54.0 Å². The lowest BCUT2D eigenvalue weighted by atomic mass is 9.92. The molecule has 1 aromatic carbocycles. The van der Waals surface area contributed by atoms with Crippen LogP contribution in [-0.4, -0.2) is 25.7 Å². The Morgan fingerprint density at radius 1 is 0.895 bits per heavy atom. The minimum Gasteiger partial charge on any atom is -0.315 e. The predicted molar refractivity (Wildman–Crippen MR) is 85.1 cm³/mol. The summed E-state index contributed by atoms with van der Waals surface area (Å²) in [6.45, 7) is 16.4. The molecular weight excluding hydrogens is 232 g/mol. The first-order chi connectivity index (χ1) is 8.93. The van der Waals surface area contributed by atoms with Gasteiger partial charge in [0.05, 0.1) is 0 Å². The quantitative estimate of drug-likeness (QED) is 0.738. The van der Waals surface area contributed by atoms with Crippen molar-refractivity contribution in [3.05, 3.63) is 33.9 Å². The summed E-state index contributed by atoms with van der Waals surface area (Å²) < 4.78 is 0. The van der Waals surface area contributed by atoms with E-state index < -0.39 is 0 Å². The van der Waals surface area contributed by atoms with Crippen molar-refractivity contribution in [2.24, 2.45) is 0 Å². The molecule has 0 heterocycles. The van der Waals surface area contributed by atoms with Gasteiger partial charge in [-0.05, 0) is 68.5 Å². The second-order valence-electron chi connectivity index (χ2n) is 5.85. The normalized spacial score (nSPS) is 11.3. The first-order valence-electron chi connectivity index (χ1n) is 7.43. The van der Waals surface area contributed by atoms with Crippen molar-refractivity contribution in [3.63, 3.8) is 0 Å². The maximum Gasteiger partial charge on any atom is 0.00790 e. The molecule has 19 heavy (non-hydrogen) atoms. The van der Waals surface area contributed by atoms with Gasteiger partial charge < -0.3 is 10.6 Å². The number of nitrogens with one attached hydrogen (secondary N) is 2. The van der Waals surface area contributed by atoms with Crippen molar-refractivity contribution in [2.75, 3.05) is 19.6 Å². The van der Waals surface area contributed by atoms with E-state index in [0.29, 0.717) is 6.04 Å². The van der Waals surface area contributed by atoms with Gasteiger partial charge in [0.1, 0.15) is 0 Å². The zero-order valence-corrected chi connectivity index (χ0v) is 13.5. The molecule has 2 nitrogen and oxygen atoms in total. The highest BCUT2D eigenvalue weighted by atomic mass is 14.9. The number of hydrogen-bond acceptors (Lipinski definition) is 2. The standard InChI is InChI=1S/C17H30N2/c1-12(2)19-10-9-18-8-7-17-15(5)13(3)11-14(4)16(17)6/h11-12,18-19H,7-10H2,1-6H3. The molecule has 0 saturated carbocycles. The van der Waals surface area contributed by atoms with Gasteiger partial charge in [0.25, 0.3) is 0 Å². The Morgan fingerprint density at radius 3 is 2.00 bits per heavy atom. The van der Waals surface area contributed by atoms with Gasteiger partial charge in [0.15, 0.2) is 0 Å². The van der Waals surface area contributed by atoms with Crippen LogP contribution in [0.1, 0.15) is 41.7 Å². The average molecular weight is 262 g/mol. The Kier molecular flexibility index (Phi) is 6.53. The van der Waals surface area contributed by atoms with E-state index in [-0.39, 0.29) is 0 Å². The average Bonchev–Trinajstić information content (AvgIpc) is 2.34. The lowest BCUT2D eigenvalue weighted by Crippen LogP contribution is -2.32. The molecule has 2 heteroatoms. The van der Waals surface area contributed by atoms with Crippen LogP contribution in [0.25, 0.3) is 0 Å². The summed E-state index contributed by atoms with van der Waals surface area (Å²) in [6.07, 6.45) is 1.13. The van der Waals surface area contributed by atoms with Crippen LogP contribution in [0.3, 0.4) is 0 Å². The van der Waals surface area contributed by atoms with E-state index in [0.717, 1.165) is 26.1 Å². The van der Waals surface area contributed by atoms with Crippen molar-refractivity contribution in [3.8, 4) is 0 Å². The van der Waals surface area contributed by atoms with Crippen molar-refractivity contribution >= 4 is 0 Å². The van der Waals surface area contributed by atoms with Crippen LogP contribution in [0.5, 0.6) is 0 Å². The fourth-order valence-electron chi connectivity index (χ4n) is 2.46. The molecule has 0 fully saturated rings. The van der Waals surface area contributed by atoms with Gasteiger partial charge in [-0.1, -0.05) is 19.9 Å². The Morgan fingerprint density at radius 2 is 1.47 bits per heavy atom. The van der Waals surface area contributed by atoms with Gasteiger partial charge in [-0.15, -0.1) is 0 Å². The topological polar surface area (TPSA) is 24.1 Å². The van der Waals surface area contributed by atoms with Crippen molar-refractivity contribution < 1.29 is 0 Å². The maximum absolute atomic E-state index is 3.52. The lowest BCUT2D eigenvalue weighted by Gasteiger charge is -2.16. The largest absolute Gasteiger partial charge is 0.315 e. The molecule has 0 aromatic heterocycles. The fraction of sp³-hybridized carbons (Fsp3) is 0.647. The molecule has 0 amide bonds. The Hall–Kier alpha value is -0.860.